The van der Waals surface area contributed by atoms with Gasteiger partial charge in [-0.05, 0) is 29.7 Å². The van der Waals surface area contributed by atoms with E-state index in [-0.39, 0.29) is 11.3 Å². The zero-order chi connectivity index (χ0) is 18.1. The highest BCUT2D eigenvalue weighted by Crippen LogP contribution is 2.32. The van der Waals surface area contributed by atoms with Gasteiger partial charge < -0.3 is 10.1 Å². The van der Waals surface area contributed by atoms with Crippen LogP contribution < -0.4 is 10.1 Å². The summed E-state index contributed by atoms with van der Waals surface area (Å²) in [6, 6.07) is 20.7. The van der Waals surface area contributed by atoms with Crippen molar-refractivity contribution < 1.29 is 4.74 Å². The molecular weight excluding hydrogens is 312 g/mol. The first-order valence-electron chi connectivity index (χ1n) is 7.77. The summed E-state index contributed by atoms with van der Waals surface area (Å²) in [5.41, 5.74) is 2.11. The molecule has 0 aliphatic carbocycles. The fourth-order valence-corrected chi connectivity index (χ4v) is 2.19. The van der Waals surface area contributed by atoms with Crippen molar-refractivity contribution in [1.82, 2.24) is 0 Å². The van der Waals surface area contributed by atoms with Crippen LogP contribution in [-0.4, -0.2) is 6.61 Å². The SMILES string of the molecule is CCCOc1ccc(-c2ccccc2)cc1NC(C#N)=C(C#N)C#N. The van der Waals surface area contributed by atoms with Gasteiger partial charge in [0.2, 0.25) is 0 Å². The third kappa shape index (κ3) is 4.38. The molecule has 0 atom stereocenters. The average Bonchev–Trinajstić information content (AvgIpc) is 2.67. The Labute approximate surface area is 147 Å². The maximum atomic E-state index is 9.26. The molecule has 5 nitrogen and oxygen atoms in total. The molecule has 0 aliphatic heterocycles. The van der Waals surface area contributed by atoms with Crippen molar-refractivity contribution >= 4 is 5.69 Å². The summed E-state index contributed by atoms with van der Waals surface area (Å²) >= 11 is 0. The summed E-state index contributed by atoms with van der Waals surface area (Å²) in [6.45, 7) is 2.52. The highest BCUT2D eigenvalue weighted by atomic mass is 16.5. The molecule has 5 heteroatoms. The number of anilines is 1. The van der Waals surface area contributed by atoms with E-state index in [9.17, 15) is 5.26 Å². The van der Waals surface area contributed by atoms with Crippen LogP contribution in [0.5, 0.6) is 5.75 Å². The standard InChI is InChI=1S/C20H16N4O/c1-2-10-25-20-9-8-16(15-6-4-3-5-7-15)11-18(20)24-19(14-23)17(12-21)13-22/h3-9,11,24H,2,10H2,1H3. The molecule has 0 heterocycles. The molecule has 0 saturated heterocycles. The minimum atomic E-state index is -0.269. The number of hydrogen-bond acceptors (Lipinski definition) is 5. The monoisotopic (exact) mass is 328 g/mol. The summed E-state index contributed by atoms with van der Waals surface area (Å²) < 4.78 is 5.71. The van der Waals surface area contributed by atoms with Crippen LogP contribution in [0.25, 0.3) is 11.1 Å². The number of nitrogens with zero attached hydrogens (tertiary/aromatic N) is 3. The van der Waals surface area contributed by atoms with E-state index in [4.69, 9.17) is 15.3 Å². The second-order valence-electron chi connectivity index (χ2n) is 5.14. The lowest BCUT2D eigenvalue weighted by Crippen LogP contribution is -2.04. The molecule has 0 bridgehead atoms. The minimum Gasteiger partial charge on any atom is -0.491 e. The van der Waals surface area contributed by atoms with Gasteiger partial charge in [-0.3, -0.25) is 0 Å². The summed E-state index contributed by atoms with van der Waals surface area (Å²) in [5, 5.41) is 30.1. The molecule has 0 unspecified atom stereocenters. The van der Waals surface area contributed by atoms with Crippen molar-refractivity contribution in [3.63, 3.8) is 0 Å². The van der Waals surface area contributed by atoms with E-state index in [0.29, 0.717) is 18.0 Å². The number of ether oxygens (including phenoxy) is 1. The van der Waals surface area contributed by atoms with E-state index < -0.39 is 0 Å². The smallest absolute Gasteiger partial charge is 0.163 e. The second kappa shape index (κ2) is 8.77. The van der Waals surface area contributed by atoms with Crippen molar-refractivity contribution in [3.8, 4) is 35.1 Å². The highest BCUT2D eigenvalue weighted by molar-refractivity contribution is 5.74. The number of allylic oxidation sites excluding steroid dienone is 2. The summed E-state index contributed by atoms with van der Waals surface area (Å²) in [6.07, 6.45) is 0.836. The van der Waals surface area contributed by atoms with Crippen LogP contribution in [0.1, 0.15) is 13.3 Å². The third-order valence-electron chi connectivity index (χ3n) is 3.39. The Morgan fingerprint density at radius 1 is 0.960 bits per heavy atom. The quantitative estimate of drug-likeness (QED) is 0.794. The predicted molar refractivity (Wildman–Crippen MR) is 95.2 cm³/mol. The van der Waals surface area contributed by atoms with Crippen LogP contribution in [-0.2, 0) is 0 Å². The Kier molecular flexibility index (Phi) is 6.18. The average molecular weight is 328 g/mol. The fraction of sp³-hybridized carbons (Fsp3) is 0.150. The Morgan fingerprint density at radius 3 is 2.28 bits per heavy atom. The Morgan fingerprint density at radius 2 is 1.68 bits per heavy atom. The first kappa shape index (κ1) is 17.6. The number of benzene rings is 2. The number of rotatable bonds is 6. The Bertz CT molecular complexity index is 880. The largest absolute Gasteiger partial charge is 0.491 e. The summed E-state index contributed by atoms with van der Waals surface area (Å²) in [7, 11) is 0. The number of nitrogens with one attached hydrogen (secondary N) is 1. The molecule has 2 aromatic carbocycles. The zero-order valence-corrected chi connectivity index (χ0v) is 13.8. The number of hydrogen-bond donors (Lipinski definition) is 1. The molecule has 0 radical (unpaired) electrons. The van der Waals surface area contributed by atoms with E-state index in [1.54, 1.807) is 12.1 Å². The second-order valence-corrected chi connectivity index (χ2v) is 5.14. The van der Waals surface area contributed by atoms with Crippen LogP contribution in [0.3, 0.4) is 0 Å². The van der Waals surface area contributed by atoms with Crippen molar-refractivity contribution in [2.24, 2.45) is 0 Å². The van der Waals surface area contributed by atoms with Gasteiger partial charge in [-0.15, -0.1) is 0 Å². The number of nitriles is 3. The molecule has 1 N–H and O–H groups in total. The van der Waals surface area contributed by atoms with E-state index >= 15 is 0 Å². The summed E-state index contributed by atoms with van der Waals surface area (Å²) in [4.78, 5) is 0. The van der Waals surface area contributed by atoms with Gasteiger partial charge >= 0.3 is 0 Å². The van der Waals surface area contributed by atoms with Crippen molar-refractivity contribution in [2.75, 3.05) is 11.9 Å². The van der Waals surface area contributed by atoms with Crippen molar-refractivity contribution in [1.29, 1.82) is 15.8 Å². The Hall–Kier alpha value is -3.75. The molecule has 0 spiro atoms. The van der Waals surface area contributed by atoms with Gasteiger partial charge in [-0.2, -0.15) is 15.8 Å². The van der Waals surface area contributed by atoms with E-state index in [2.05, 4.69) is 5.32 Å². The molecule has 0 amide bonds. The normalized spacial score (nSPS) is 9.20. The van der Waals surface area contributed by atoms with Crippen LogP contribution in [0, 0.1) is 34.0 Å². The molecule has 0 saturated carbocycles. The highest BCUT2D eigenvalue weighted by Gasteiger charge is 2.11. The van der Waals surface area contributed by atoms with Gasteiger partial charge in [-0.1, -0.05) is 43.3 Å². The fourth-order valence-electron chi connectivity index (χ4n) is 2.19. The van der Waals surface area contributed by atoms with Crippen LogP contribution in [0.2, 0.25) is 0 Å². The first-order valence-corrected chi connectivity index (χ1v) is 7.77. The van der Waals surface area contributed by atoms with Crippen LogP contribution in [0.4, 0.5) is 5.69 Å². The summed E-state index contributed by atoms with van der Waals surface area (Å²) in [5.74, 6) is 0.560. The lowest BCUT2D eigenvalue weighted by Gasteiger charge is -2.14. The molecule has 2 rings (SSSR count). The van der Waals surface area contributed by atoms with Gasteiger partial charge in [0.05, 0.1) is 12.3 Å². The maximum absolute atomic E-state index is 9.26. The molecule has 0 fully saturated rings. The van der Waals surface area contributed by atoms with E-state index in [0.717, 1.165) is 17.5 Å². The van der Waals surface area contributed by atoms with Crippen molar-refractivity contribution in [2.45, 2.75) is 13.3 Å². The molecular formula is C20H16N4O. The Balaban J connectivity index is 2.49. The topological polar surface area (TPSA) is 92.6 Å². The molecule has 2 aromatic rings. The van der Waals surface area contributed by atoms with E-state index in [1.165, 1.54) is 0 Å². The van der Waals surface area contributed by atoms with Gasteiger partial charge in [0, 0.05) is 0 Å². The third-order valence-corrected chi connectivity index (χ3v) is 3.39. The molecule has 0 aliphatic rings. The van der Waals surface area contributed by atoms with Gasteiger partial charge in [0.1, 0.15) is 29.7 Å². The minimum absolute atomic E-state index is 0.100. The lowest BCUT2D eigenvalue weighted by atomic mass is 10.0. The molecule has 122 valence electrons. The van der Waals surface area contributed by atoms with Gasteiger partial charge in [-0.25, -0.2) is 0 Å². The van der Waals surface area contributed by atoms with Gasteiger partial charge in [0.25, 0.3) is 0 Å². The van der Waals surface area contributed by atoms with Crippen molar-refractivity contribution in [3.05, 3.63) is 59.8 Å². The molecule has 25 heavy (non-hydrogen) atoms. The predicted octanol–water partition coefficient (Wildman–Crippen LogP) is 4.38. The lowest BCUT2D eigenvalue weighted by molar-refractivity contribution is 0.319. The zero-order valence-electron chi connectivity index (χ0n) is 13.8. The van der Waals surface area contributed by atoms with Gasteiger partial charge in [0.15, 0.2) is 5.57 Å². The molecule has 0 aromatic heterocycles. The van der Waals surface area contributed by atoms with Crippen LogP contribution in [0.15, 0.2) is 59.8 Å². The van der Waals surface area contributed by atoms with Crippen LogP contribution >= 0.6 is 0 Å². The first-order chi connectivity index (χ1) is 12.2. The van der Waals surface area contributed by atoms with E-state index in [1.807, 2.05) is 61.5 Å². The maximum Gasteiger partial charge on any atom is 0.163 e.